The molecular weight excluding hydrogens is 174 g/mol. The second-order valence-corrected chi connectivity index (χ2v) is 4.11. The van der Waals surface area contributed by atoms with Crippen LogP contribution in [0.25, 0.3) is 0 Å². The predicted octanol–water partition coefficient (Wildman–Crippen LogP) is 2.08. The van der Waals surface area contributed by atoms with Crippen molar-refractivity contribution in [2.45, 2.75) is 19.4 Å². The van der Waals surface area contributed by atoms with Gasteiger partial charge in [0.2, 0.25) is 0 Å². The molecule has 2 nitrogen and oxygen atoms in total. The molecule has 0 unspecified atom stereocenters. The third kappa shape index (κ3) is 2.26. The second kappa shape index (κ2) is 4.01. The number of hydrogen-bond donors (Lipinski definition) is 0. The number of nitrogens with zero attached hydrogens (tertiary/aromatic N) is 1. The Hall–Kier alpha value is -1.02. The summed E-state index contributed by atoms with van der Waals surface area (Å²) in [6, 6.07) is 8.26. The van der Waals surface area contributed by atoms with Crippen molar-refractivity contribution in [3.8, 4) is 5.75 Å². The third-order valence-electron chi connectivity index (χ3n) is 2.64. The van der Waals surface area contributed by atoms with Gasteiger partial charge in [-0.2, -0.15) is 0 Å². The van der Waals surface area contributed by atoms with Crippen molar-refractivity contribution in [3.05, 3.63) is 29.8 Å². The lowest BCUT2D eigenvalue weighted by molar-refractivity contribution is 0.208. The molecule has 14 heavy (non-hydrogen) atoms. The standard InChI is InChI=1S/C12H17NO/c1-10-4-3-5-11(8-10)14-12-6-7-13(2)9-12/h3-5,8,12H,6-7,9H2,1-2H3/t12-/m0/s1. The van der Waals surface area contributed by atoms with E-state index >= 15 is 0 Å². The highest BCUT2D eigenvalue weighted by atomic mass is 16.5. The van der Waals surface area contributed by atoms with E-state index < -0.39 is 0 Å². The van der Waals surface area contributed by atoms with E-state index in [0.29, 0.717) is 6.10 Å². The van der Waals surface area contributed by atoms with Gasteiger partial charge in [-0.1, -0.05) is 12.1 Å². The van der Waals surface area contributed by atoms with Crippen LogP contribution in [0.1, 0.15) is 12.0 Å². The van der Waals surface area contributed by atoms with Crippen molar-refractivity contribution in [1.82, 2.24) is 4.90 Å². The lowest BCUT2D eigenvalue weighted by Crippen LogP contribution is -2.21. The maximum absolute atomic E-state index is 5.88. The largest absolute Gasteiger partial charge is 0.489 e. The van der Waals surface area contributed by atoms with Gasteiger partial charge in [-0.15, -0.1) is 0 Å². The van der Waals surface area contributed by atoms with Gasteiger partial charge in [-0.3, -0.25) is 0 Å². The smallest absolute Gasteiger partial charge is 0.120 e. The molecule has 0 spiro atoms. The summed E-state index contributed by atoms with van der Waals surface area (Å²) in [5.41, 5.74) is 1.26. The van der Waals surface area contributed by atoms with Crippen LogP contribution in [-0.4, -0.2) is 31.1 Å². The minimum Gasteiger partial charge on any atom is -0.489 e. The maximum Gasteiger partial charge on any atom is 0.120 e. The van der Waals surface area contributed by atoms with Gasteiger partial charge in [0.25, 0.3) is 0 Å². The fourth-order valence-corrected chi connectivity index (χ4v) is 1.87. The molecule has 0 aliphatic carbocycles. The Morgan fingerprint density at radius 2 is 2.29 bits per heavy atom. The van der Waals surface area contributed by atoms with Crippen LogP contribution in [-0.2, 0) is 0 Å². The Morgan fingerprint density at radius 1 is 1.43 bits per heavy atom. The van der Waals surface area contributed by atoms with Crippen LogP contribution < -0.4 is 4.74 Å². The lowest BCUT2D eigenvalue weighted by Gasteiger charge is -2.13. The number of ether oxygens (including phenoxy) is 1. The summed E-state index contributed by atoms with van der Waals surface area (Å²) in [6.07, 6.45) is 1.52. The molecular formula is C12H17NO. The number of likely N-dealkylation sites (tertiary alicyclic amines) is 1. The van der Waals surface area contributed by atoms with Crippen LogP contribution in [0.3, 0.4) is 0 Å². The summed E-state index contributed by atoms with van der Waals surface area (Å²) in [5, 5.41) is 0. The van der Waals surface area contributed by atoms with E-state index in [1.54, 1.807) is 0 Å². The van der Waals surface area contributed by atoms with Crippen LogP contribution in [0.2, 0.25) is 0 Å². The highest BCUT2D eigenvalue weighted by molar-refractivity contribution is 5.27. The Morgan fingerprint density at radius 3 is 2.93 bits per heavy atom. The summed E-state index contributed by atoms with van der Waals surface area (Å²) in [6.45, 7) is 4.29. The monoisotopic (exact) mass is 191 g/mol. The average molecular weight is 191 g/mol. The molecule has 0 N–H and O–H groups in total. The van der Waals surface area contributed by atoms with E-state index in [-0.39, 0.29) is 0 Å². The van der Waals surface area contributed by atoms with Crippen molar-refractivity contribution in [1.29, 1.82) is 0 Å². The molecule has 2 rings (SSSR count). The minimum absolute atomic E-state index is 0.377. The summed E-state index contributed by atoms with van der Waals surface area (Å²) in [7, 11) is 2.14. The normalized spacial score (nSPS) is 22.6. The first-order valence-corrected chi connectivity index (χ1v) is 5.16. The molecule has 0 bridgehead atoms. The van der Waals surface area contributed by atoms with Gasteiger partial charge < -0.3 is 9.64 Å². The Kier molecular flexibility index (Phi) is 2.73. The highest BCUT2D eigenvalue weighted by Crippen LogP contribution is 2.18. The second-order valence-electron chi connectivity index (χ2n) is 4.11. The van der Waals surface area contributed by atoms with Crippen LogP contribution in [0.15, 0.2) is 24.3 Å². The molecule has 1 aromatic carbocycles. The van der Waals surface area contributed by atoms with E-state index in [1.165, 1.54) is 5.56 Å². The molecule has 1 atom stereocenters. The first kappa shape index (κ1) is 9.53. The zero-order valence-electron chi connectivity index (χ0n) is 8.86. The zero-order valence-corrected chi connectivity index (χ0v) is 8.86. The zero-order chi connectivity index (χ0) is 9.97. The molecule has 0 amide bonds. The van der Waals surface area contributed by atoms with Gasteiger partial charge in [0.05, 0.1) is 0 Å². The van der Waals surface area contributed by atoms with Crippen LogP contribution in [0.4, 0.5) is 0 Å². The molecule has 0 saturated carbocycles. The van der Waals surface area contributed by atoms with Crippen molar-refractivity contribution in [2.75, 3.05) is 20.1 Å². The van der Waals surface area contributed by atoms with E-state index in [0.717, 1.165) is 25.3 Å². The Bertz CT molecular complexity index is 311. The van der Waals surface area contributed by atoms with E-state index in [2.05, 4.69) is 31.0 Å². The molecule has 2 heteroatoms. The molecule has 1 fully saturated rings. The molecule has 0 aromatic heterocycles. The lowest BCUT2D eigenvalue weighted by atomic mass is 10.2. The summed E-state index contributed by atoms with van der Waals surface area (Å²) in [4.78, 5) is 2.31. The number of hydrogen-bond acceptors (Lipinski definition) is 2. The fourth-order valence-electron chi connectivity index (χ4n) is 1.87. The Balaban J connectivity index is 1.97. The molecule has 76 valence electrons. The van der Waals surface area contributed by atoms with E-state index in [9.17, 15) is 0 Å². The van der Waals surface area contributed by atoms with Crippen LogP contribution >= 0.6 is 0 Å². The van der Waals surface area contributed by atoms with Gasteiger partial charge >= 0.3 is 0 Å². The third-order valence-corrected chi connectivity index (χ3v) is 2.64. The van der Waals surface area contributed by atoms with Crippen LogP contribution in [0, 0.1) is 6.92 Å². The predicted molar refractivity (Wildman–Crippen MR) is 57.7 cm³/mol. The molecule has 0 radical (unpaired) electrons. The SMILES string of the molecule is Cc1cccc(O[C@H]2CCN(C)C2)c1. The van der Waals surface area contributed by atoms with Gasteiger partial charge in [-0.25, -0.2) is 0 Å². The number of benzene rings is 1. The quantitative estimate of drug-likeness (QED) is 0.709. The first-order valence-electron chi connectivity index (χ1n) is 5.16. The molecule has 1 aliphatic heterocycles. The first-order chi connectivity index (χ1) is 6.74. The number of rotatable bonds is 2. The van der Waals surface area contributed by atoms with Crippen molar-refractivity contribution < 1.29 is 4.74 Å². The van der Waals surface area contributed by atoms with Crippen LogP contribution in [0.5, 0.6) is 5.75 Å². The van der Waals surface area contributed by atoms with Gasteiger partial charge in [0.1, 0.15) is 11.9 Å². The topological polar surface area (TPSA) is 12.5 Å². The number of likely N-dealkylation sites (N-methyl/N-ethyl adjacent to an activating group) is 1. The van der Waals surface area contributed by atoms with E-state index in [4.69, 9.17) is 4.74 Å². The van der Waals surface area contributed by atoms with Crippen molar-refractivity contribution >= 4 is 0 Å². The number of aryl methyl sites for hydroxylation is 1. The van der Waals surface area contributed by atoms with Crippen molar-refractivity contribution in [2.24, 2.45) is 0 Å². The molecule has 1 saturated heterocycles. The summed E-state index contributed by atoms with van der Waals surface area (Å²) >= 11 is 0. The van der Waals surface area contributed by atoms with Gasteiger partial charge in [-0.05, 0) is 38.1 Å². The van der Waals surface area contributed by atoms with Crippen molar-refractivity contribution in [3.63, 3.8) is 0 Å². The van der Waals surface area contributed by atoms with E-state index in [1.807, 2.05) is 12.1 Å². The fraction of sp³-hybridized carbons (Fsp3) is 0.500. The molecule has 1 heterocycles. The summed E-state index contributed by atoms with van der Waals surface area (Å²) < 4.78 is 5.88. The average Bonchev–Trinajstić information content (AvgIpc) is 2.51. The Labute approximate surface area is 85.5 Å². The minimum atomic E-state index is 0.377. The summed E-state index contributed by atoms with van der Waals surface area (Å²) in [5.74, 6) is 1.00. The highest BCUT2D eigenvalue weighted by Gasteiger charge is 2.20. The van der Waals surface area contributed by atoms with Gasteiger partial charge in [0.15, 0.2) is 0 Å². The molecule has 1 aromatic rings. The van der Waals surface area contributed by atoms with Gasteiger partial charge in [0, 0.05) is 13.1 Å². The maximum atomic E-state index is 5.88. The molecule has 1 aliphatic rings.